The number of likely N-dealkylation sites (N-methyl/N-ethyl adjacent to an activating group) is 1. The number of nitrogens with zero attached hydrogens (tertiary/aromatic N) is 2. The van der Waals surface area contributed by atoms with E-state index in [1.165, 1.54) is 16.2 Å². The second-order valence-electron chi connectivity index (χ2n) is 4.66. The topological polar surface area (TPSA) is 88.3 Å². The van der Waals surface area contributed by atoms with Crippen LogP contribution in [0.3, 0.4) is 0 Å². The van der Waals surface area contributed by atoms with Gasteiger partial charge in [0.15, 0.2) is 0 Å². The lowest BCUT2D eigenvalue weighted by Gasteiger charge is -2.18. The van der Waals surface area contributed by atoms with Crippen LogP contribution >= 0.6 is 11.3 Å². The van der Waals surface area contributed by atoms with Gasteiger partial charge in [0.05, 0.1) is 19.1 Å². The van der Waals surface area contributed by atoms with E-state index in [4.69, 9.17) is 5.73 Å². The van der Waals surface area contributed by atoms with E-state index in [2.05, 4.69) is 10.3 Å². The summed E-state index contributed by atoms with van der Waals surface area (Å²) in [6.45, 7) is 4.13. The number of aromatic nitrogens is 1. The summed E-state index contributed by atoms with van der Waals surface area (Å²) < 4.78 is 0. The largest absolute Gasteiger partial charge is 0.346 e. The number of hydrogen-bond acceptors (Lipinski definition) is 5. The molecule has 0 unspecified atom stereocenters. The normalized spacial score (nSPS) is 12.3. The van der Waals surface area contributed by atoms with E-state index >= 15 is 0 Å². The molecule has 0 radical (unpaired) electrons. The zero-order valence-corrected chi connectivity index (χ0v) is 12.2. The molecule has 0 aromatic carbocycles. The Bertz CT molecular complexity index is 419. The summed E-state index contributed by atoms with van der Waals surface area (Å²) >= 11 is 1.49. The Kier molecular flexibility index (Phi) is 5.91. The molecule has 3 N–H and O–H groups in total. The van der Waals surface area contributed by atoms with Gasteiger partial charge in [0.25, 0.3) is 0 Å². The molecular formula is C12H20N4O2S. The lowest BCUT2D eigenvalue weighted by molar-refractivity contribution is -0.132. The van der Waals surface area contributed by atoms with Crippen molar-refractivity contribution in [3.05, 3.63) is 16.6 Å². The maximum absolute atomic E-state index is 11.8. The van der Waals surface area contributed by atoms with Crippen molar-refractivity contribution in [1.82, 2.24) is 15.2 Å². The Balaban J connectivity index is 2.36. The van der Waals surface area contributed by atoms with Crippen molar-refractivity contribution >= 4 is 23.2 Å². The van der Waals surface area contributed by atoms with Crippen LogP contribution < -0.4 is 11.1 Å². The van der Waals surface area contributed by atoms with E-state index in [9.17, 15) is 9.59 Å². The van der Waals surface area contributed by atoms with Crippen LogP contribution in [0.4, 0.5) is 0 Å². The third kappa shape index (κ3) is 4.96. The molecule has 0 bridgehead atoms. The molecule has 0 aliphatic rings. The van der Waals surface area contributed by atoms with Crippen LogP contribution in [0.1, 0.15) is 18.9 Å². The summed E-state index contributed by atoms with van der Waals surface area (Å²) in [6, 6.07) is -0.586. The molecule has 0 aliphatic heterocycles. The Labute approximate surface area is 117 Å². The van der Waals surface area contributed by atoms with E-state index in [-0.39, 0.29) is 24.3 Å². The van der Waals surface area contributed by atoms with Crippen molar-refractivity contribution in [1.29, 1.82) is 0 Å². The van der Waals surface area contributed by atoms with Crippen LogP contribution in [-0.4, -0.2) is 41.3 Å². The molecule has 2 amide bonds. The number of thiazole rings is 1. The molecule has 106 valence electrons. The van der Waals surface area contributed by atoms with Crippen LogP contribution in [0.5, 0.6) is 0 Å². The lowest BCUT2D eigenvalue weighted by Crippen LogP contribution is -2.47. The monoisotopic (exact) mass is 284 g/mol. The van der Waals surface area contributed by atoms with E-state index in [0.717, 1.165) is 5.01 Å². The van der Waals surface area contributed by atoms with Gasteiger partial charge in [0.1, 0.15) is 5.01 Å². The summed E-state index contributed by atoms with van der Waals surface area (Å²) in [5.41, 5.74) is 5.69. The molecule has 6 nitrogen and oxygen atoms in total. The SMILES string of the molecule is CC(C)[C@H](N)C(=O)NCC(=O)N(C)Cc1nccs1. The predicted molar refractivity (Wildman–Crippen MR) is 74.4 cm³/mol. The summed E-state index contributed by atoms with van der Waals surface area (Å²) in [6.07, 6.45) is 1.70. The van der Waals surface area contributed by atoms with Crippen LogP contribution in [0.2, 0.25) is 0 Å². The highest BCUT2D eigenvalue weighted by Crippen LogP contribution is 2.06. The highest BCUT2D eigenvalue weighted by atomic mass is 32.1. The first-order valence-corrected chi connectivity index (χ1v) is 6.95. The van der Waals surface area contributed by atoms with Crippen molar-refractivity contribution in [2.45, 2.75) is 26.4 Å². The van der Waals surface area contributed by atoms with Crippen molar-refractivity contribution in [2.24, 2.45) is 11.7 Å². The average molecular weight is 284 g/mol. The van der Waals surface area contributed by atoms with Crippen LogP contribution in [-0.2, 0) is 16.1 Å². The molecule has 0 fully saturated rings. The van der Waals surface area contributed by atoms with Crippen LogP contribution in [0.25, 0.3) is 0 Å². The average Bonchev–Trinajstić information content (AvgIpc) is 2.86. The minimum absolute atomic E-state index is 0.0405. The second-order valence-corrected chi connectivity index (χ2v) is 5.64. The van der Waals surface area contributed by atoms with Crippen molar-refractivity contribution < 1.29 is 9.59 Å². The summed E-state index contributed by atoms with van der Waals surface area (Å²) in [7, 11) is 1.68. The first-order chi connectivity index (χ1) is 8.91. The number of carbonyl (C=O) groups excluding carboxylic acids is 2. The van der Waals surface area contributed by atoms with Crippen molar-refractivity contribution in [3.8, 4) is 0 Å². The number of hydrogen-bond donors (Lipinski definition) is 2. The van der Waals surface area contributed by atoms with Gasteiger partial charge < -0.3 is 16.0 Å². The van der Waals surface area contributed by atoms with Crippen LogP contribution in [0.15, 0.2) is 11.6 Å². The first-order valence-electron chi connectivity index (χ1n) is 6.07. The standard InChI is InChI=1S/C12H20N4O2S/c1-8(2)11(13)12(18)15-6-10(17)16(3)7-9-14-4-5-19-9/h4-5,8,11H,6-7,13H2,1-3H3,(H,15,18)/t11-/m0/s1. The van der Waals surface area contributed by atoms with Gasteiger partial charge in [-0.3, -0.25) is 9.59 Å². The van der Waals surface area contributed by atoms with E-state index < -0.39 is 6.04 Å². The van der Waals surface area contributed by atoms with Gasteiger partial charge in [-0.05, 0) is 5.92 Å². The zero-order valence-electron chi connectivity index (χ0n) is 11.4. The molecule has 1 heterocycles. The molecular weight excluding hydrogens is 264 g/mol. The molecule has 19 heavy (non-hydrogen) atoms. The Hall–Kier alpha value is -1.47. The molecule has 1 aromatic rings. The number of rotatable bonds is 6. The van der Waals surface area contributed by atoms with Gasteiger partial charge in [-0.15, -0.1) is 11.3 Å². The molecule has 0 saturated carbocycles. The number of carbonyl (C=O) groups is 2. The van der Waals surface area contributed by atoms with Crippen molar-refractivity contribution in [3.63, 3.8) is 0 Å². The zero-order chi connectivity index (χ0) is 14.4. The van der Waals surface area contributed by atoms with Crippen LogP contribution in [0, 0.1) is 5.92 Å². The summed E-state index contributed by atoms with van der Waals surface area (Å²) in [4.78, 5) is 29.1. The lowest BCUT2D eigenvalue weighted by atomic mass is 10.1. The molecule has 1 rings (SSSR count). The molecule has 1 atom stereocenters. The van der Waals surface area contributed by atoms with Gasteiger partial charge >= 0.3 is 0 Å². The smallest absolute Gasteiger partial charge is 0.242 e. The minimum atomic E-state index is -0.586. The van der Waals surface area contributed by atoms with E-state index in [1.807, 2.05) is 19.2 Å². The summed E-state index contributed by atoms with van der Waals surface area (Å²) in [5, 5.41) is 5.27. The summed E-state index contributed by atoms with van der Waals surface area (Å²) in [5.74, 6) is -0.423. The maximum atomic E-state index is 11.8. The van der Waals surface area contributed by atoms with Gasteiger partial charge in [-0.25, -0.2) is 4.98 Å². The fourth-order valence-electron chi connectivity index (χ4n) is 1.34. The molecule has 0 aliphatic carbocycles. The molecule has 0 spiro atoms. The first kappa shape index (κ1) is 15.6. The number of nitrogens with two attached hydrogens (primary N) is 1. The Morgan fingerprint density at radius 2 is 2.21 bits per heavy atom. The van der Waals surface area contributed by atoms with Gasteiger partial charge in [-0.1, -0.05) is 13.8 Å². The Morgan fingerprint density at radius 3 is 2.74 bits per heavy atom. The predicted octanol–water partition coefficient (Wildman–Crippen LogP) is 0.201. The van der Waals surface area contributed by atoms with E-state index in [1.54, 1.807) is 13.2 Å². The van der Waals surface area contributed by atoms with Crippen molar-refractivity contribution in [2.75, 3.05) is 13.6 Å². The highest BCUT2D eigenvalue weighted by molar-refractivity contribution is 7.09. The van der Waals surface area contributed by atoms with Gasteiger partial charge in [0.2, 0.25) is 11.8 Å². The number of amides is 2. The van der Waals surface area contributed by atoms with Gasteiger partial charge in [-0.2, -0.15) is 0 Å². The molecule has 0 saturated heterocycles. The third-order valence-corrected chi connectivity index (χ3v) is 3.48. The quantitative estimate of drug-likeness (QED) is 0.781. The third-order valence-electron chi connectivity index (χ3n) is 2.72. The van der Waals surface area contributed by atoms with Gasteiger partial charge in [0, 0.05) is 18.6 Å². The minimum Gasteiger partial charge on any atom is -0.346 e. The fraction of sp³-hybridized carbons (Fsp3) is 0.583. The molecule has 1 aromatic heterocycles. The molecule has 7 heteroatoms. The Morgan fingerprint density at radius 1 is 1.53 bits per heavy atom. The fourth-order valence-corrected chi connectivity index (χ4v) is 2.01. The second kappa shape index (κ2) is 7.20. The van der Waals surface area contributed by atoms with E-state index in [0.29, 0.717) is 6.54 Å². The maximum Gasteiger partial charge on any atom is 0.242 e. The number of nitrogens with one attached hydrogen (secondary N) is 1. The highest BCUT2D eigenvalue weighted by Gasteiger charge is 2.18.